The van der Waals surface area contributed by atoms with Gasteiger partial charge in [0, 0.05) is 13.0 Å². The molecule has 3 N–H and O–H groups in total. The molecule has 17 heavy (non-hydrogen) atoms. The third kappa shape index (κ3) is 13.6. The Balaban J connectivity index is 3.03. The quantitative estimate of drug-likeness (QED) is 0.163. The molecule has 4 nitrogen and oxygen atoms in total. The minimum Gasteiger partial charge on any atom is -0.371 e. The van der Waals surface area contributed by atoms with Gasteiger partial charge in [-0.15, -0.1) is 12.6 Å². The van der Waals surface area contributed by atoms with E-state index in [1.54, 1.807) is 5.48 Å². The molecule has 0 aliphatic carbocycles. The maximum absolute atomic E-state index is 10.7. The number of rotatable bonds is 10. The maximum Gasteiger partial charge on any atom is 0.243 e. The van der Waals surface area contributed by atoms with E-state index in [1.165, 1.54) is 19.3 Å². The first-order valence-corrected chi connectivity index (χ1v) is 6.92. The Hall–Kier alpha value is -0.330. The lowest BCUT2D eigenvalue weighted by Gasteiger charge is -2.03. The number of thiol groups is 1. The largest absolute Gasteiger partial charge is 0.371 e. The van der Waals surface area contributed by atoms with E-state index in [1.807, 2.05) is 0 Å². The highest BCUT2D eigenvalue weighted by Gasteiger charge is 1.98. The zero-order chi connectivity index (χ0) is 12.9. The molecule has 0 fully saturated rings. The van der Waals surface area contributed by atoms with Crippen molar-refractivity contribution >= 4 is 35.1 Å². The Morgan fingerprint density at radius 3 is 2.12 bits per heavy atom. The molecule has 0 radical (unpaired) electrons. The van der Waals surface area contributed by atoms with Crippen LogP contribution in [0.25, 0.3) is 0 Å². The van der Waals surface area contributed by atoms with E-state index < -0.39 is 0 Å². The summed E-state index contributed by atoms with van der Waals surface area (Å²) in [6, 6.07) is 0. The predicted molar refractivity (Wildman–Crippen MR) is 76.5 cm³/mol. The number of nitrogens with one attached hydrogen (secondary N) is 2. The van der Waals surface area contributed by atoms with Crippen molar-refractivity contribution in [3.05, 3.63) is 0 Å². The van der Waals surface area contributed by atoms with E-state index >= 15 is 0 Å². The zero-order valence-corrected chi connectivity index (χ0v) is 11.8. The lowest BCUT2D eigenvalue weighted by Crippen LogP contribution is -2.17. The van der Waals surface area contributed by atoms with Crippen LogP contribution < -0.4 is 10.8 Å². The molecular weight excluding hydrogens is 256 g/mol. The topological polar surface area (TPSA) is 61.4 Å². The molecule has 6 heteroatoms. The second-order valence-electron chi connectivity index (χ2n) is 3.99. The fraction of sp³-hybridized carbons (Fsp3) is 0.818. The first-order valence-electron chi connectivity index (χ1n) is 6.06. The van der Waals surface area contributed by atoms with Gasteiger partial charge in [-0.3, -0.25) is 10.0 Å². The van der Waals surface area contributed by atoms with Crippen LogP contribution in [0.1, 0.15) is 51.4 Å². The average molecular weight is 278 g/mol. The van der Waals surface area contributed by atoms with Crippen LogP contribution in [0.4, 0.5) is 0 Å². The minimum absolute atomic E-state index is 0.293. The van der Waals surface area contributed by atoms with Gasteiger partial charge in [0.2, 0.25) is 5.91 Å². The normalized spacial score (nSPS) is 10.0. The van der Waals surface area contributed by atoms with Crippen molar-refractivity contribution in [2.24, 2.45) is 0 Å². The zero-order valence-electron chi connectivity index (χ0n) is 10.1. The van der Waals surface area contributed by atoms with Crippen LogP contribution in [0.5, 0.6) is 0 Å². The molecule has 0 aromatic carbocycles. The number of hydroxylamine groups is 1. The Morgan fingerprint density at radius 2 is 1.59 bits per heavy atom. The summed E-state index contributed by atoms with van der Waals surface area (Å²) in [5, 5.41) is 11.3. The number of hydrogen-bond acceptors (Lipinski definition) is 3. The SMILES string of the molecule is O=C(CCCCCCCCCNC(=S)S)NO. The van der Waals surface area contributed by atoms with Gasteiger partial charge < -0.3 is 5.32 Å². The number of carbonyl (C=O) groups excluding carboxylic acids is 1. The van der Waals surface area contributed by atoms with Crippen LogP contribution in [0.15, 0.2) is 0 Å². The van der Waals surface area contributed by atoms with Gasteiger partial charge in [0.25, 0.3) is 0 Å². The first-order chi connectivity index (χ1) is 8.16. The molecule has 0 bridgehead atoms. The Kier molecular flexibility index (Phi) is 11.9. The smallest absolute Gasteiger partial charge is 0.243 e. The molecule has 0 unspecified atom stereocenters. The van der Waals surface area contributed by atoms with Crippen molar-refractivity contribution in [1.29, 1.82) is 0 Å². The van der Waals surface area contributed by atoms with E-state index in [0.717, 1.165) is 32.2 Å². The van der Waals surface area contributed by atoms with E-state index in [4.69, 9.17) is 17.4 Å². The highest BCUT2D eigenvalue weighted by molar-refractivity contribution is 8.11. The van der Waals surface area contributed by atoms with Gasteiger partial charge in [-0.1, -0.05) is 44.3 Å². The number of amides is 1. The third-order valence-electron chi connectivity index (χ3n) is 2.48. The molecule has 1 amide bonds. The lowest BCUT2D eigenvalue weighted by molar-refractivity contribution is -0.129. The van der Waals surface area contributed by atoms with Crippen LogP contribution in [0.3, 0.4) is 0 Å². The predicted octanol–water partition coefficient (Wildman–Crippen LogP) is 2.42. The van der Waals surface area contributed by atoms with Gasteiger partial charge in [0.1, 0.15) is 4.32 Å². The fourth-order valence-electron chi connectivity index (χ4n) is 1.55. The summed E-state index contributed by atoms with van der Waals surface area (Å²) in [5.41, 5.74) is 1.64. The van der Waals surface area contributed by atoms with Crippen LogP contribution in [0.2, 0.25) is 0 Å². The summed E-state index contributed by atoms with van der Waals surface area (Å²) in [6.45, 7) is 0.902. The van der Waals surface area contributed by atoms with Crippen molar-refractivity contribution in [1.82, 2.24) is 10.8 Å². The molecule has 0 aromatic heterocycles. The molecule has 0 aromatic rings. The van der Waals surface area contributed by atoms with Crippen LogP contribution in [-0.4, -0.2) is 22.0 Å². The molecule has 0 heterocycles. The molecule has 0 aliphatic heterocycles. The molecule has 0 saturated carbocycles. The van der Waals surface area contributed by atoms with Gasteiger partial charge in [-0.05, 0) is 12.8 Å². The van der Waals surface area contributed by atoms with E-state index in [2.05, 4.69) is 17.9 Å². The van der Waals surface area contributed by atoms with Gasteiger partial charge in [-0.25, -0.2) is 5.48 Å². The Bertz CT molecular complexity index is 226. The van der Waals surface area contributed by atoms with Gasteiger partial charge >= 0.3 is 0 Å². The van der Waals surface area contributed by atoms with Crippen molar-refractivity contribution < 1.29 is 10.0 Å². The van der Waals surface area contributed by atoms with E-state index in [-0.39, 0.29) is 5.91 Å². The van der Waals surface area contributed by atoms with Gasteiger partial charge in [0.15, 0.2) is 0 Å². The highest BCUT2D eigenvalue weighted by atomic mass is 32.1. The van der Waals surface area contributed by atoms with Crippen molar-refractivity contribution in [3.8, 4) is 0 Å². The minimum atomic E-state index is -0.293. The average Bonchev–Trinajstić information content (AvgIpc) is 2.30. The number of carbonyl (C=O) groups is 1. The first kappa shape index (κ1) is 16.7. The van der Waals surface area contributed by atoms with Crippen molar-refractivity contribution in [2.75, 3.05) is 6.54 Å². The van der Waals surface area contributed by atoms with Crippen molar-refractivity contribution in [3.63, 3.8) is 0 Å². The van der Waals surface area contributed by atoms with Crippen LogP contribution in [0, 0.1) is 0 Å². The monoisotopic (exact) mass is 278 g/mol. The summed E-state index contributed by atoms with van der Waals surface area (Å²) in [6.07, 6.45) is 8.19. The molecule has 0 atom stereocenters. The Labute approximate surface area is 114 Å². The summed E-state index contributed by atoms with van der Waals surface area (Å²) >= 11 is 8.75. The summed E-state index contributed by atoms with van der Waals surface area (Å²) in [7, 11) is 0. The maximum atomic E-state index is 10.7. The number of unbranched alkanes of at least 4 members (excludes halogenated alkanes) is 6. The van der Waals surface area contributed by atoms with E-state index in [9.17, 15) is 4.79 Å². The van der Waals surface area contributed by atoms with Crippen molar-refractivity contribution in [2.45, 2.75) is 51.4 Å². The highest BCUT2D eigenvalue weighted by Crippen LogP contribution is 2.08. The summed E-state index contributed by atoms with van der Waals surface area (Å²) < 4.78 is 0.562. The van der Waals surface area contributed by atoms with Gasteiger partial charge in [0.05, 0.1) is 0 Å². The second-order valence-corrected chi connectivity index (χ2v) is 5.15. The summed E-state index contributed by atoms with van der Waals surface area (Å²) in [5.74, 6) is -0.293. The van der Waals surface area contributed by atoms with Crippen LogP contribution >= 0.6 is 24.8 Å². The number of thiocarbonyl (C=S) groups is 1. The molecule has 0 rings (SSSR count). The fourth-order valence-corrected chi connectivity index (χ4v) is 1.76. The van der Waals surface area contributed by atoms with E-state index in [0.29, 0.717) is 10.7 Å². The summed E-state index contributed by atoms with van der Waals surface area (Å²) in [4.78, 5) is 10.7. The lowest BCUT2D eigenvalue weighted by atomic mass is 10.1. The molecule has 100 valence electrons. The molecule has 0 aliphatic rings. The molecular formula is C11H22N2O2S2. The van der Waals surface area contributed by atoms with Gasteiger partial charge in [-0.2, -0.15) is 0 Å². The third-order valence-corrected chi connectivity index (χ3v) is 2.78. The molecule has 0 spiro atoms. The number of hydrogen-bond donors (Lipinski definition) is 4. The Morgan fingerprint density at radius 1 is 1.06 bits per heavy atom. The second kappa shape index (κ2) is 12.1. The molecule has 0 saturated heterocycles. The van der Waals surface area contributed by atoms with Crippen LogP contribution in [-0.2, 0) is 4.79 Å². The standard InChI is InChI=1S/C11H22N2O2S2/c14-10(13-15)8-6-4-2-1-3-5-7-9-12-11(16)17/h15H,1-9H2,(H,13,14)(H2,12,16,17).